The van der Waals surface area contributed by atoms with Crippen LogP contribution < -0.4 is 14.4 Å². The van der Waals surface area contributed by atoms with Gasteiger partial charge in [-0.05, 0) is 24.3 Å². The van der Waals surface area contributed by atoms with Gasteiger partial charge >= 0.3 is 0 Å². The third-order valence-corrected chi connectivity index (χ3v) is 3.70. The summed E-state index contributed by atoms with van der Waals surface area (Å²) in [6.07, 6.45) is 3.05. The van der Waals surface area contributed by atoms with Crippen LogP contribution in [0.15, 0.2) is 65.4 Å². The number of methoxy groups -OCH3 is 1. The van der Waals surface area contributed by atoms with Gasteiger partial charge in [0, 0.05) is 18.7 Å². The lowest BCUT2D eigenvalue weighted by molar-refractivity contribution is 0.0963. The number of hydrogen-bond acceptors (Lipinski definition) is 5. The zero-order valence-corrected chi connectivity index (χ0v) is 14.0. The molecule has 6 heteroatoms. The topological polar surface area (TPSA) is 64.8 Å². The molecule has 3 aromatic rings. The maximum absolute atomic E-state index is 12.7. The molecule has 0 radical (unpaired) electrons. The molecule has 0 aliphatic rings. The number of benzene rings is 1. The normalized spacial score (nSPS) is 10.3. The Morgan fingerprint density at radius 2 is 1.96 bits per heavy atom. The first kappa shape index (κ1) is 16.6. The number of rotatable bonds is 6. The number of amides is 1. The van der Waals surface area contributed by atoms with E-state index in [4.69, 9.17) is 13.9 Å². The molecule has 0 aliphatic carbocycles. The van der Waals surface area contributed by atoms with Crippen molar-refractivity contribution in [3.8, 4) is 11.6 Å². The van der Waals surface area contributed by atoms with Crippen LogP contribution in [0.25, 0.3) is 0 Å². The first-order chi connectivity index (χ1) is 12.2. The molecule has 128 valence electrons. The Bertz CT molecular complexity index is 828. The Morgan fingerprint density at radius 1 is 1.16 bits per heavy atom. The summed E-state index contributed by atoms with van der Waals surface area (Å²) in [5.41, 5.74) is 1.32. The summed E-state index contributed by atoms with van der Waals surface area (Å²) in [4.78, 5) is 18.3. The Morgan fingerprint density at radius 3 is 2.64 bits per heavy atom. The lowest BCUT2D eigenvalue weighted by Crippen LogP contribution is -2.27. The second kappa shape index (κ2) is 7.53. The summed E-state index contributed by atoms with van der Waals surface area (Å²) >= 11 is 0. The molecule has 0 spiro atoms. The van der Waals surface area contributed by atoms with Crippen LogP contribution >= 0.6 is 0 Å². The molecule has 0 bridgehead atoms. The minimum Gasteiger partial charge on any atom is -0.489 e. The van der Waals surface area contributed by atoms with Gasteiger partial charge in [-0.15, -0.1) is 0 Å². The largest absolute Gasteiger partial charge is 0.489 e. The monoisotopic (exact) mass is 338 g/mol. The molecule has 2 aromatic heterocycles. The summed E-state index contributed by atoms with van der Waals surface area (Å²) in [7, 11) is 3.20. The van der Waals surface area contributed by atoms with Gasteiger partial charge in [0.15, 0.2) is 5.76 Å². The standard InChI is InChI=1S/C19H18N2O4/c1-21(15-8-9-17(23-2)20-12-15)19(22)18-14(10-11-24-18)13-25-16-6-4-3-5-7-16/h3-12H,13H2,1-2H3. The fourth-order valence-corrected chi connectivity index (χ4v) is 2.28. The van der Waals surface area contributed by atoms with Crippen LogP contribution in [0.1, 0.15) is 16.1 Å². The Hall–Kier alpha value is -3.28. The fraction of sp³-hybridized carbons (Fsp3) is 0.158. The Balaban J connectivity index is 1.72. The molecular formula is C19H18N2O4. The molecule has 0 fully saturated rings. The maximum Gasteiger partial charge on any atom is 0.294 e. The van der Waals surface area contributed by atoms with E-state index in [-0.39, 0.29) is 18.3 Å². The molecule has 3 rings (SSSR count). The molecule has 2 heterocycles. The van der Waals surface area contributed by atoms with Crippen LogP contribution in [0.2, 0.25) is 0 Å². The van der Waals surface area contributed by atoms with Gasteiger partial charge in [-0.3, -0.25) is 4.79 Å². The number of aromatic nitrogens is 1. The second-order valence-corrected chi connectivity index (χ2v) is 5.30. The van der Waals surface area contributed by atoms with Gasteiger partial charge < -0.3 is 18.8 Å². The van der Waals surface area contributed by atoms with E-state index in [1.54, 1.807) is 38.6 Å². The number of nitrogens with zero attached hydrogens (tertiary/aromatic N) is 2. The summed E-state index contributed by atoms with van der Waals surface area (Å²) in [5, 5.41) is 0. The number of hydrogen-bond donors (Lipinski definition) is 0. The van der Waals surface area contributed by atoms with Gasteiger partial charge in [-0.2, -0.15) is 0 Å². The quantitative estimate of drug-likeness (QED) is 0.688. The molecule has 0 aliphatic heterocycles. The van der Waals surface area contributed by atoms with Gasteiger partial charge in [0.25, 0.3) is 5.91 Å². The molecule has 6 nitrogen and oxygen atoms in total. The molecule has 0 unspecified atom stereocenters. The van der Waals surface area contributed by atoms with Crippen LogP contribution in [0, 0.1) is 0 Å². The number of furan rings is 1. The highest BCUT2D eigenvalue weighted by Gasteiger charge is 2.21. The van der Waals surface area contributed by atoms with Gasteiger partial charge in [0.1, 0.15) is 12.4 Å². The highest BCUT2D eigenvalue weighted by Crippen LogP contribution is 2.21. The minimum atomic E-state index is -0.274. The van der Waals surface area contributed by atoms with E-state index in [9.17, 15) is 4.79 Å². The molecule has 0 saturated carbocycles. The summed E-state index contributed by atoms with van der Waals surface area (Å²) in [6.45, 7) is 0.246. The lowest BCUT2D eigenvalue weighted by atomic mass is 10.2. The zero-order valence-electron chi connectivity index (χ0n) is 14.0. The number of pyridine rings is 1. The Kier molecular flexibility index (Phi) is 4.99. The highest BCUT2D eigenvalue weighted by atomic mass is 16.5. The van der Waals surface area contributed by atoms with Gasteiger partial charge in [-0.1, -0.05) is 18.2 Å². The average Bonchev–Trinajstić information content (AvgIpc) is 3.14. The van der Waals surface area contributed by atoms with E-state index in [1.165, 1.54) is 11.2 Å². The predicted octanol–water partition coefficient (Wildman–Crippen LogP) is 3.54. The number of anilines is 1. The van der Waals surface area contributed by atoms with E-state index < -0.39 is 0 Å². The Labute approximate surface area is 145 Å². The van der Waals surface area contributed by atoms with Crippen molar-refractivity contribution in [2.75, 3.05) is 19.1 Å². The summed E-state index contributed by atoms with van der Waals surface area (Å²) in [5.74, 6) is 1.19. The van der Waals surface area contributed by atoms with Crippen LogP contribution in [0.3, 0.4) is 0 Å². The number of ether oxygens (including phenoxy) is 2. The van der Waals surface area contributed by atoms with Crippen LogP contribution in [-0.4, -0.2) is 25.0 Å². The van der Waals surface area contributed by atoms with Gasteiger partial charge in [0.05, 0.1) is 25.3 Å². The summed E-state index contributed by atoms with van der Waals surface area (Å²) < 4.78 is 16.1. The van der Waals surface area contributed by atoms with Crippen LogP contribution in [0.5, 0.6) is 11.6 Å². The highest BCUT2D eigenvalue weighted by molar-refractivity contribution is 6.04. The first-order valence-corrected chi connectivity index (χ1v) is 7.71. The summed E-state index contributed by atoms with van der Waals surface area (Å²) in [6, 6.07) is 14.6. The van der Waals surface area contributed by atoms with Crippen molar-refractivity contribution in [3.05, 3.63) is 72.3 Å². The van der Waals surface area contributed by atoms with Gasteiger partial charge in [0.2, 0.25) is 5.88 Å². The molecule has 0 saturated heterocycles. The van der Waals surface area contributed by atoms with E-state index in [2.05, 4.69) is 4.98 Å². The van der Waals surface area contributed by atoms with Crippen molar-refractivity contribution in [1.82, 2.24) is 4.98 Å². The molecule has 0 atom stereocenters. The van der Waals surface area contributed by atoms with Crippen LogP contribution in [0.4, 0.5) is 5.69 Å². The smallest absolute Gasteiger partial charge is 0.294 e. The lowest BCUT2D eigenvalue weighted by Gasteiger charge is -2.16. The molecule has 25 heavy (non-hydrogen) atoms. The number of para-hydroxylation sites is 1. The van der Waals surface area contributed by atoms with Crippen molar-refractivity contribution >= 4 is 11.6 Å². The third-order valence-electron chi connectivity index (χ3n) is 3.70. The van der Waals surface area contributed by atoms with Crippen molar-refractivity contribution in [3.63, 3.8) is 0 Å². The van der Waals surface area contributed by atoms with E-state index in [0.717, 1.165) is 5.75 Å². The first-order valence-electron chi connectivity index (χ1n) is 7.71. The predicted molar refractivity (Wildman–Crippen MR) is 93.0 cm³/mol. The van der Waals surface area contributed by atoms with Crippen molar-refractivity contribution in [2.45, 2.75) is 6.61 Å². The fourth-order valence-electron chi connectivity index (χ4n) is 2.28. The minimum absolute atomic E-state index is 0.245. The molecule has 1 amide bonds. The SMILES string of the molecule is COc1ccc(N(C)C(=O)c2occc2COc2ccccc2)cn1. The van der Waals surface area contributed by atoms with Crippen molar-refractivity contribution in [1.29, 1.82) is 0 Å². The maximum atomic E-state index is 12.7. The van der Waals surface area contributed by atoms with Crippen molar-refractivity contribution < 1.29 is 18.7 Å². The third kappa shape index (κ3) is 3.80. The van der Waals surface area contributed by atoms with Crippen molar-refractivity contribution in [2.24, 2.45) is 0 Å². The number of carbonyl (C=O) groups is 1. The zero-order chi connectivity index (χ0) is 17.6. The molecular weight excluding hydrogens is 320 g/mol. The van der Waals surface area contributed by atoms with E-state index in [0.29, 0.717) is 17.1 Å². The second-order valence-electron chi connectivity index (χ2n) is 5.30. The van der Waals surface area contributed by atoms with E-state index >= 15 is 0 Å². The molecule has 1 aromatic carbocycles. The number of carbonyl (C=O) groups excluding carboxylic acids is 1. The van der Waals surface area contributed by atoms with Crippen LogP contribution in [-0.2, 0) is 6.61 Å². The van der Waals surface area contributed by atoms with E-state index in [1.807, 2.05) is 30.3 Å². The molecule has 0 N–H and O–H groups in total. The average molecular weight is 338 g/mol. The van der Waals surface area contributed by atoms with Gasteiger partial charge in [-0.25, -0.2) is 4.98 Å².